The number of piperazine rings is 1. The van der Waals surface area contributed by atoms with Crippen molar-refractivity contribution in [3.05, 3.63) is 29.0 Å². The molecule has 0 N–H and O–H groups in total. The zero-order valence-corrected chi connectivity index (χ0v) is 9.74. The van der Waals surface area contributed by atoms with Gasteiger partial charge in [-0.25, -0.2) is 4.98 Å². The predicted octanol–water partition coefficient (Wildman–Crippen LogP) is 1.48. The number of aromatic nitrogens is 1. The number of rotatable bonds is 2. The van der Waals surface area contributed by atoms with Crippen LogP contribution in [-0.2, 0) is 6.54 Å². The zero-order chi connectivity index (χ0) is 10.7. The lowest BCUT2D eigenvalue weighted by Gasteiger charge is -2.32. The highest BCUT2D eigenvalue weighted by Crippen LogP contribution is 2.09. The van der Waals surface area contributed by atoms with Gasteiger partial charge in [0.1, 0.15) is 5.15 Å². The van der Waals surface area contributed by atoms with Gasteiger partial charge in [0.05, 0.1) is 5.69 Å². The van der Waals surface area contributed by atoms with Crippen molar-refractivity contribution in [1.29, 1.82) is 0 Å². The second-order valence-corrected chi connectivity index (χ2v) is 4.42. The number of pyridine rings is 1. The molecule has 0 bridgehead atoms. The van der Waals surface area contributed by atoms with Crippen LogP contribution in [0.5, 0.6) is 0 Å². The molecule has 1 saturated heterocycles. The van der Waals surface area contributed by atoms with Crippen molar-refractivity contribution >= 4 is 11.6 Å². The highest BCUT2D eigenvalue weighted by Gasteiger charge is 2.14. The number of hydrogen-bond acceptors (Lipinski definition) is 3. The fourth-order valence-corrected chi connectivity index (χ4v) is 1.95. The van der Waals surface area contributed by atoms with Crippen molar-refractivity contribution in [3.8, 4) is 0 Å². The lowest BCUT2D eigenvalue weighted by atomic mass is 10.3. The van der Waals surface area contributed by atoms with Crippen LogP contribution < -0.4 is 0 Å². The van der Waals surface area contributed by atoms with E-state index in [-0.39, 0.29) is 0 Å². The lowest BCUT2D eigenvalue weighted by molar-refractivity contribution is 0.147. The van der Waals surface area contributed by atoms with E-state index < -0.39 is 0 Å². The maximum atomic E-state index is 5.85. The average Bonchev–Trinajstić information content (AvgIpc) is 2.22. The highest BCUT2D eigenvalue weighted by molar-refractivity contribution is 6.29. The molecule has 3 nitrogen and oxygen atoms in total. The van der Waals surface area contributed by atoms with E-state index in [0.29, 0.717) is 5.15 Å². The van der Waals surface area contributed by atoms with Gasteiger partial charge in [-0.1, -0.05) is 17.7 Å². The Bertz CT molecular complexity index is 321. The first-order chi connectivity index (χ1) is 7.24. The van der Waals surface area contributed by atoms with Crippen LogP contribution in [0.2, 0.25) is 5.15 Å². The number of nitrogens with zero attached hydrogens (tertiary/aromatic N) is 3. The van der Waals surface area contributed by atoms with Crippen LogP contribution in [-0.4, -0.2) is 48.0 Å². The summed E-state index contributed by atoms with van der Waals surface area (Å²) in [6, 6.07) is 5.81. The molecule has 0 amide bonds. The summed E-state index contributed by atoms with van der Waals surface area (Å²) in [5.41, 5.74) is 1.06. The van der Waals surface area contributed by atoms with Gasteiger partial charge in [-0.05, 0) is 19.2 Å². The maximum absolute atomic E-state index is 5.85. The summed E-state index contributed by atoms with van der Waals surface area (Å²) in [5.74, 6) is 0. The van der Waals surface area contributed by atoms with Crippen LogP contribution in [0.25, 0.3) is 0 Å². The molecule has 0 aliphatic carbocycles. The average molecular weight is 226 g/mol. The first-order valence-electron chi connectivity index (χ1n) is 5.26. The lowest BCUT2D eigenvalue weighted by Crippen LogP contribution is -2.43. The Hall–Kier alpha value is -0.640. The second kappa shape index (κ2) is 4.92. The minimum absolute atomic E-state index is 0.585. The Kier molecular flexibility index (Phi) is 3.57. The van der Waals surface area contributed by atoms with E-state index in [0.717, 1.165) is 38.4 Å². The topological polar surface area (TPSA) is 19.4 Å². The van der Waals surface area contributed by atoms with E-state index >= 15 is 0 Å². The standard InChI is InChI=1S/C11H16ClN3/c1-14-5-7-15(8-6-14)9-10-3-2-4-11(12)13-10/h2-4H,5-9H2,1H3. The summed E-state index contributed by atoms with van der Waals surface area (Å²) >= 11 is 5.85. The molecule has 0 saturated carbocycles. The molecule has 2 heterocycles. The van der Waals surface area contributed by atoms with Crippen molar-refractivity contribution in [2.45, 2.75) is 6.54 Å². The molecule has 15 heavy (non-hydrogen) atoms. The van der Waals surface area contributed by atoms with Crippen LogP contribution in [0.3, 0.4) is 0 Å². The summed E-state index contributed by atoms with van der Waals surface area (Å²) in [6.45, 7) is 5.42. The molecule has 1 aromatic rings. The first-order valence-corrected chi connectivity index (χ1v) is 5.64. The minimum atomic E-state index is 0.585. The molecule has 0 radical (unpaired) electrons. The van der Waals surface area contributed by atoms with Crippen LogP contribution in [0.15, 0.2) is 18.2 Å². The van der Waals surface area contributed by atoms with Gasteiger partial charge in [-0.15, -0.1) is 0 Å². The summed E-state index contributed by atoms with van der Waals surface area (Å²) in [5, 5.41) is 0.585. The molecule has 0 spiro atoms. The predicted molar refractivity (Wildman–Crippen MR) is 62.0 cm³/mol. The molecule has 1 fully saturated rings. The minimum Gasteiger partial charge on any atom is -0.304 e. The van der Waals surface area contributed by atoms with E-state index in [2.05, 4.69) is 21.8 Å². The van der Waals surface area contributed by atoms with Crippen molar-refractivity contribution in [1.82, 2.24) is 14.8 Å². The Morgan fingerprint density at radius 1 is 1.27 bits per heavy atom. The van der Waals surface area contributed by atoms with Crippen molar-refractivity contribution in [2.24, 2.45) is 0 Å². The summed E-state index contributed by atoms with van der Waals surface area (Å²) < 4.78 is 0. The zero-order valence-electron chi connectivity index (χ0n) is 8.99. The molecule has 1 aromatic heterocycles. The molecular weight excluding hydrogens is 210 g/mol. The smallest absolute Gasteiger partial charge is 0.129 e. The fraction of sp³-hybridized carbons (Fsp3) is 0.545. The fourth-order valence-electron chi connectivity index (χ4n) is 1.77. The van der Waals surface area contributed by atoms with Gasteiger partial charge in [0.2, 0.25) is 0 Å². The quantitative estimate of drug-likeness (QED) is 0.711. The summed E-state index contributed by atoms with van der Waals surface area (Å²) in [6.07, 6.45) is 0. The van der Waals surface area contributed by atoms with E-state index in [1.165, 1.54) is 0 Å². The Morgan fingerprint density at radius 2 is 2.00 bits per heavy atom. The molecule has 0 unspecified atom stereocenters. The van der Waals surface area contributed by atoms with E-state index in [1.807, 2.05) is 18.2 Å². The Morgan fingerprint density at radius 3 is 2.67 bits per heavy atom. The van der Waals surface area contributed by atoms with Crippen LogP contribution in [0.4, 0.5) is 0 Å². The van der Waals surface area contributed by atoms with Gasteiger partial charge in [-0.2, -0.15) is 0 Å². The van der Waals surface area contributed by atoms with E-state index in [4.69, 9.17) is 11.6 Å². The molecule has 0 aromatic carbocycles. The highest BCUT2D eigenvalue weighted by atomic mass is 35.5. The SMILES string of the molecule is CN1CCN(Cc2cccc(Cl)n2)CC1. The van der Waals surface area contributed by atoms with Gasteiger partial charge < -0.3 is 4.90 Å². The van der Waals surface area contributed by atoms with Gasteiger partial charge >= 0.3 is 0 Å². The van der Waals surface area contributed by atoms with Crippen LogP contribution in [0, 0.1) is 0 Å². The Labute approximate surface area is 95.7 Å². The van der Waals surface area contributed by atoms with Crippen LogP contribution >= 0.6 is 11.6 Å². The van der Waals surface area contributed by atoms with E-state index in [9.17, 15) is 0 Å². The third kappa shape index (κ3) is 3.16. The van der Waals surface area contributed by atoms with Crippen molar-refractivity contribution in [3.63, 3.8) is 0 Å². The number of hydrogen-bond donors (Lipinski definition) is 0. The van der Waals surface area contributed by atoms with Gasteiger partial charge in [0, 0.05) is 32.7 Å². The molecule has 82 valence electrons. The summed E-state index contributed by atoms with van der Waals surface area (Å²) in [4.78, 5) is 9.06. The maximum Gasteiger partial charge on any atom is 0.129 e. The normalized spacial score (nSPS) is 19.3. The Balaban J connectivity index is 1.92. The van der Waals surface area contributed by atoms with Gasteiger partial charge in [0.15, 0.2) is 0 Å². The van der Waals surface area contributed by atoms with Crippen molar-refractivity contribution in [2.75, 3.05) is 33.2 Å². The first kappa shape index (κ1) is 10.9. The molecular formula is C11H16ClN3. The van der Waals surface area contributed by atoms with E-state index in [1.54, 1.807) is 0 Å². The molecule has 2 rings (SSSR count). The third-order valence-electron chi connectivity index (χ3n) is 2.75. The summed E-state index contributed by atoms with van der Waals surface area (Å²) in [7, 11) is 2.16. The van der Waals surface area contributed by atoms with Crippen LogP contribution in [0.1, 0.15) is 5.69 Å². The van der Waals surface area contributed by atoms with Gasteiger partial charge in [-0.3, -0.25) is 4.90 Å². The molecule has 4 heteroatoms. The molecule has 1 aliphatic rings. The van der Waals surface area contributed by atoms with Gasteiger partial charge in [0.25, 0.3) is 0 Å². The largest absolute Gasteiger partial charge is 0.304 e. The van der Waals surface area contributed by atoms with Crippen molar-refractivity contribution < 1.29 is 0 Å². The third-order valence-corrected chi connectivity index (χ3v) is 2.96. The molecule has 1 aliphatic heterocycles. The number of halogens is 1. The molecule has 0 atom stereocenters. The second-order valence-electron chi connectivity index (χ2n) is 4.03. The monoisotopic (exact) mass is 225 g/mol. The number of likely N-dealkylation sites (N-methyl/N-ethyl adjacent to an activating group) is 1.